The maximum absolute atomic E-state index is 12.5. The Hall–Kier alpha value is -1.60. The number of alkyl halides is 3. The van der Waals surface area contributed by atoms with Crippen LogP contribution in [0.2, 0.25) is 0 Å². The SMILES string of the molecule is NC(=S)c1c(Br)cccc1Nc1ccc(C(F)(F)F)cc1. The van der Waals surface area contributed by atoms with Crippen molar-refractivity contribution in [1.29, 1.82) is 0 Å². The Bertz CT molecular complexity index is 669. The number of nitrogens with one attached hydrogen (secondary N) is 1. The third-order valence-corrected chi connectivity index (χ3v) is 3.62. The molecule has 0 amide bonds. The molecule has 0 radical (unpaired) electrons. The molecule has 0 saturated heterocycles. The molecular weight excluding hydrogens is 365 g/mol. The van der Waals surface area contributed by atoms with E-state index >= 15 is 0 Å². The number of halogens is 4. The van der Waals surface area contributed by atoms with Crippen molar-refractivity contribution >= 4 is 44.5 Å². The van der Waals surface area contributed by atoms with E-state index in [-0.39, 0.29) is 4.99 Å². The van der Waals surface area contributed by atoms with Gasteiger partial charge in [0.05, 0.1) is 5.56 Å². The maximum atomic E-state index is 12.5. The van der Waals surface area contributed by atoms with Gasteiger partial charge in [0, 0.05) is 21.4 Å². The second-order valence-electron chi connectivity index (χ2n) is 4.23. The van der Waals surface area contributed by atoms with Crippen molar-refractivity contribution in [1.82, 2.24) is 0 Å². The molecule has 0 spiro atoms. The first kappa shape index (κ1) is 15.8. The number of thiocarbonyl (C=S) groups is 1. The first-order valence-corrected chi connectivity index (χ1v) is 7.02. The van der Waals surface area contributed by atoms with E-state index in [1.54, 1.807) is 18.2 Å². The summed E-state index contributed by atoms with van der Waals surface area (Å²) in [5.74, 6) is 0. The predicted molar refractivity (Wildman–Crippen MR) is 84.8 cm³/mol. The van der Waals surface area contributed by atoms with Crippen molar-refractivity contribution in [3.05, 3.63) is 58.1 Å². The molecule has 0 aliphatic carbocycles. The summed E-state index contributed by atoms with van der Waals surface area (Å²) in [5, 5.41) is 3.01. The Labute approximate surface area is 133 Å². The van der Waals surface area contributed by atoms with Gasteiger partial charge in [-0.25, -0.2) is 0 Å². The highest BCUT2D eigenvalue weighted by atomic mass is 79.9. The van der Waals surface area contributed by atoms with Crippen molar-refractivity contribution < 1.29 is 13.2 Å². The predicted octanol–water partition coefficient (Wildman–Crippen LogP) is 4.85. The van der Waals surface area contributed by atoms with Gasteiger partial charge >= 0.3 is 6.18 Å². The minimum Gasteiger partial charge on any atom is -0.389 e. The highest BCUT2D eigenvalue weighted by Gasteiger charge is 2.29. The molecule has 0 saturated carbocycles. The van der Waals surface area contributed by atoms with Crippen LogP contribution in [0.25, 0.3) is 0 Å². The summed E-state index contributed by atoms with van der Waals surface area (Å²) in [6, 6.07) is 10.0. The van der Waals surface area contributed by atoms with E-state index in [1.807, 2.05) is 0 Å². The summed E-state index contributed by atoms with van der Waals surface area (Å²) in [6.07, 6.45) is -4.35. The van der Waals surface area contributed by atoms with Crippen molar-refractivity contribution in [3.63, 3.8) is 0 Å². The molecule has 0 bridgehead atoms. The number of anilines is 2. The summed E-state index contributed by atoms with van der Waals surface area (Å²) in [4.78, 5) is 0.192. The third kappa shape index (κ3) is 3.74. The lowest BCUT2D eigenvalue weighted by Gasteiger charge is -2.13. The standard InChI is InChI=1S/C14H10BrF3N2S/c15-10-2-1-3-11(12(10)13(19)21)20-9-6-4-8(5-7-9)14(16,17)18/h1-7,20H,(H2,19,21). The number of hydrogen-bond acceptors (Lipinski definition) is 2. The van der Waals surface area contributed by atoms with E-state index in [1.165, 1.54) is 12.1 Å². The normalized spacial score (nSPS) is 11.2. The van der Waals surface area contributed by atoms with Crippen molar-refractivity contribution in [2.45, 2.75) is 6.18 Å². The molecule has 2 aromatic rings. The largest absolute Gasteiger partial charge is 0.416 e. The van der Waals surface area contributed by atoms with E-state index < -0.39 is 11.7 Å². The highest BCUT2D eigenvalue weighted by Crippen LogP contribution is 2.31. The van der Waals surface area contributed by atoms with Gasteiger partial charge in [0.1, 0.15) is 4.99 Å². The van der Waals surface area contributed by atoms with Gasteiger partial charge in [0.2, 0.25) is 0 Å². The number of hydrogen-bond donors (Lipinski definition) is 2. The Morgan fingerprint density at radius 2 is 1.71 bits per heavy atom. The van der Waals surface area contributed by atoms with E-state index in [9.17, 15) is 13.2 Å². The molecule has 0 fully saturated rings. The molecule has 3 N–H and O–H groups in total. The number of nitrogens with two attached hydrogens (primary N) is 1. The van der Waals surface area contributed by atoms with Gasteiger partial charge in [-0.3, -0.25) is 0 Å². The second-order valence-corrected chi connectivity index (χ2v) is 5.52. The molecule has 110 valence electrons. The van der Waals surface area contributed by atoms with Crippen LogP contribution in [0.15, 0.2) is 46.9 Å². The van der Waals surface area contributed by atoms with E-state index in [4.69, 9.17) is 18.0 Å². The van der Waals surface area contributed by atoms with Crippen LogP contribution in [0.5, 0.6) is 0 Å². The van der Waals surface area contributed by atoms with Crippen molar-refractivity contribution in [3.8, 4) is 0 Å². The number of rotatable bonds is 3. The first-order chi connectivity index (χ1) is 9.79. The summed E-state index contributed by atoms with van der Waals surface area (Å²) in [6.45, 7) is 0. The lowest BCUT2D eigenvalue weighted by molar-refractivity contribution is -0.137. The number of benzene rings is 2. The maximum Gasteiger partial charge on any atom is 0.416 e. The van der Waals surface area contributed by atoms with Crippen LogP contribution in [0, 0.1) is 0 Å². The quantitative estimate of drug-likeness (QED) is 0.754. The smallest absolute Gasteiger partial charge is 0.389 e. The van der Waals surface area contributed by atoms with Crippen LogP contribution in [-0.2, 0) is 6.18 Å². The first-order valence-electron chi connectivity index (χ1n) is 5.81. The molecule has 7 heteroatoms. The third-order valence-electron chi connectivity index (χ3n) is 2.75. The molecule has 2 aromatic carbocycles. The fourth-order valence-corrected chi connectivity index (χ4v) is 2.71. The molecule has 21 heavy (non-hydrogen) atoms. The highest BCUT2D eigenvalue weighted by molar-refractivity contribution is 9.10. The Balaban J connectivity index is 2.31. The molecule has 0 aliphatic rings. The molecular formula is C14H10BrF3N2S. The van der Waals surface area contributed by atoms with Gasteiger partial charge in [-0.1, -0.05) is 18.3 Å². The van der Waals surface area contributed by atoms with E-state index in [0.717, 1.165) is 12.1 Å². The zero-order chi connectivity index (χ0) is 15.6. The van der Waals surface area contributed by atoms with Crippen LogP contribution in [-0.4, -0.2) is 4.99 Å². The molecule has 0 unspecified atom stereocenters. The fourth-order valence-electron chi connectivity index (χ4n) is 1.78. The summed E-state index contributed by atoms with van der Waals surface area (Å²) < 4.78 is 38.2. The molecule has 0 aliphatic heterocycles. The Morgan fingerprint density at radius 3 is 2.24 bits per heavy atom. The minimum absolute atomic E-state index is 0.192. The van der Waals surface area contributed by atoms with E-state index in [0.29, 0.717) is 21.4 Å². The summed E-state index contributed by atoms with van der Waals surface area (Å²) in [7, 11) is 0. The zero-order valence-corrected chi connectivity index (χ0v) is 12.9. The van der Waals surface area contributed by atoms with Gasteiger partial charge in [-0.05, 0) is 52.3 Å². The van der Waals surface area contributed by atoms with Gasteiger partial charge in [0.25, 0.3) is 0 Å². The fraction of sp³-hybridized carbons (Fsp3) is 0.0714. The zero-order valence-electron chi connectivity index (χ0n) is 10.5. The van der Waals surface area contributed by atoms with Crippen molar-refractivity contribution in [2.75, 3.05) is 5.32 Å². The molecule has 2 nitrogen and oxygen atoms in total. The van der Waals surface area contributed by atoms with E-state index in [2.05, 4.69) is 21.2 Å². The van der Waals surface area contributed by atoms with Crippen LogP contribution >= 0.6 is 28.1 Å². The summed E-state index contributed by atoms with van der Waals surface area (Å²) in [5.41, 5.74) is 6.70. The lowest BCUT2D eigenvalue weighted by Crippen LogP contribution is -2.12. The molecule has 0 atom stereocenters. The van der Waals surface area contributed by atoms with Crippen LogP contribution < -0.4 is 11.1 Å². The average Bonchev–Trinajstić information content (AvgIpc) is 2.38. The summed E-state index contributed by atoms with van der Waals surface area (Å²) >= 11 is 8.32. The van der Waals surface area contributed by atoms with Gasteiger partial charge in [-0.15, -0.1) is 0 Å². The van der Waals surface area contributed by atoms with Gasteiger partial charge in [0.15, 0.2) is 0 Å². The van der Waals surface area contributed by atoms with Crippen LogP contribution in [0.1, 0.15) is 11.1 Å². The van der Waals surface area contributed by atoms with Crippen molar-refractivity contribution in [2.24, 2.45) is 5.73 Å². The Morgan fingerprint density at radius 1 is 1.10 bits per heavy atom. The van der Waals surface area contributed by atoms with Crippen LogP contribution in [0.3, 0.4) is 0 Å². The molecule has 0 aromatic heterocycles. The molecule has 2 rings (SSSR count). The molecule has 0 heterocycles. The van der Waals surface area contributed by atoms with Crippen LogP contribution in [0.4, 0.5) is 24.5 Å². The average molecular weight is 375 g/mol. The topological polar surface area (TPSA) is 38.0 Å². The Kier molecular flexibility index (Phi) is 4.53. The van der Waals surface area contributed by atoms with Gasteiger partial charge in [-0.2, -0.15) is 13.2 Å². The van der Waals surface area contributed by atoms with Gasteiger partial charge < -0.3 is 11.1 Å². The minimum atomic E-state index is -4.35. The second kappa shape index (κ2) is 6.03. The lowest BCUT2D eigenvalue weighted by atomic mass is 10.1. The monoisotopic (exact) mass is 374 g/mol.